The van der Waals surface area contributed by atoms with Gasteiger partial charge in [-0.15, -0.1) is 0 Å². The number of ether oxygens (including phenoxy) is 2. The van der Waals surface area contributed by atoms with Crippen molar-refractivity contribution in [1.29, 1.82) is 10.5 Å². The topological polar surface area (TPSA) is 66.0 Å². The van der Waals surface area contributed by atoms with E-state index in [-0.39, 0.29) is 11.3 Å². The van der Waals surface area contributed by atoms with Crippen LogP contribution in [-0.4, -0.2) is 14.2 Å². The Hall–Kier alpha value is -3.05. The van der Waals surface area contributed by atoms with Crippen molar-refractivity contribution in [2.45, 2.75) is 12.3 Å². The highest BCUT2D eigenvalue weighted by molar-refractivity contribution is 5.44. The van der Waals surface area contributed by atoms with Gasteiger partial charge in [-0.2, -0.15) is 10.5 Å². The predicted molar refractivity (Wildman–Crippen MR) is 82.7 cm³/mol. The molecule has 5 heteroatoms. The van der Waals surface area contributed by atoms with Crippen LogP contribution in [0.15, 0.2) is 36.4 Å². The third-order valence-corrected chi connectivity index (χ3v) is 3.55. The molecule has 0 aliphatic rings. The van der Waals surface area contributed by atoms with Gasteiger partial charge in [-0.3, -0.25) is 0 Å². The Morgan fingerprint density at radius 2 is 1.78 bits per heavy atom. The van der Waals surface area contributed by atoms with Crippen LogP contribution in [0, 0.1) is 28.5 Å². The van der Waals surface area contributed by atoms with Gasteiger partial charge in [0, 0.05) is 11.6 Å². The van der Waals surface area contributed by atoms with Gasteiger partial charge >= 0.3 is 0 Å². The van der Waals surface area contributed by atoms with Gasteiger partial charge in [0.15, 0.2) is 11.6 Å². The summed E-state index contributed by atoms with van der Waals surface area (Å²) in [5.74, 6) is -0.779. The minimum Gasteiger partial charge on any atom is -0.497 e. The summed E-state index contributed by atoms with van der Waals surface area (Å²) in [6.07, 6.45) is 0.329. The second kappa shape index (κ2) is 7.29. The number of halogens is 1. The lowest BCUT2D eigenvalue weighted by molar-refractivity contribution is 0.370. The van der Waals surface area contributed by atoms with Crippen LogP contribution >= 0.6 is 0 Å². The average Bonchev–Trinajstić information content (AvgIpc) is 2.60. The van der Waals surface area contributed by atoms with Gasteiger partial charge in [0.1, 0.15) is 5.75 Å². The van der Waals surface area contributed by atoms with Crippen molar-refractivity contribution in [2.24, 2.45) is 0 Å². The van der Waals surface area contributed by atoms with Gasteiger partial charge in [0.25, 0.3) is 0 Å². The van der Waals surface area contributed by atoms with Crippen LogP contribution in [0.1, 0.15) is 22.6 Å². The fourth-order valence-electron chi connectivity index (χ4n) is 2.29. The first-order chi connectivity index (χ1) is 11.1. The number of nitrogens with zero attached hydrogens (tertiary/aromatic N) is 2. The van der Waals surface area contributed by atoms with E-state index >= 15 is 0 Å². The van der Waals surface area contributed by atoms with Crippen molar-refractivity contribution in [3.8, 4) is 23.6 Å². The van der Waals surface area contributed by atoms with E-state index in [1.807, 2.05) is 6.07 Å². The van der Waals surface area contributed by atoms with Gasteiger partial charge in [-0.05, 0) is 30.2 Å². The molecular formula is C18H15FN2O2. The number of hydrogen-bond donors (Lipinski definition) is 0. The van der Waals surface area contributed by atoms with Crippen molar-refractivity contribution in [3.63, 3.8) is 0 Å². The van der Waals surface area contributed by atoms with Crippen molar-refractivity contribution in [3.05, 3.63) is 58.9 Å². The van der Waals surface area contributed by atoms with Gasteiger partial charge in [0.05, 0.1) is 37.8 Å². The van der Waals surface area contributed by atoms with E-state index in [2.05, 4.69) is 6.07 Å². The Morgan fingerprint density at radius 1 is 1.09 bits per heavy atom. The zero-order chi connectivity index (χ0) is 16.8. The molecule has 0 radical (unpaired) electrons. The highest BCUT2D eigenvalue weighted by atomic mass is 19.1. The average molecular weight is 310 g/mol. The second-order valence-corrected chi connectivity index (χ2v) is 4.93. The number of methoxy groups -OCH3 is 2. The fourth-order valence-corrected chi connectivity index (χ4v) is 2.29. The van der Waals surface area contributed by atoms with Crippen LogP contribution < -0.4 is 9.47 Å². The van der Waals surface area contributed by atoms with Crippen molar-refractivity contribution >= 4 is 0 Å². The van der Waals surface area contributed by atoms with Gasteiger partial charge < -0.3 is 9.47 Å². The van der Waals surface area contributed by atoms with E-state index in [9.17, 15) is 9.65 Å². The molecule has 0 heterocycles. The normalized spacial score (nSPS) is 11.2. The molecule has 1 unspecified atom stereocenters. The molecule has 2 aromatic rings. The smallest absolute Gasteiger partial charge is 0.169 e. The summed E-state index contributed by atoms with van der Waals surface area (Å²) in [4.78, 5) is 0. The quantitative estimate of drug-likeness (QED) is 0.847. The molecule has 0 N–H and O–H groups in total. The first-order valence-electron chi connectivity index (χ1n) is 6.93. The van der Waals surface area contributed by atoms with Crippen LogP contribution in [0.2, 0.25) is 0 Å². The lowest BCUT2D eigenvalue weighted by Crippen LogP contribution is -2.05. The van der Waals surface area contributed by atoms with E-state index in [1.165, 1.54) is 26.4 Å². The maximum Gasteiger partial charge on any atom is 0.169 e. The molecule has 0 spiro atoms. The molecule has 2 rings (SSSR count). The number of nitriles is 2. The molecule has 0 bridgehead atoms. The predicted octanol–water partition coefficient (Wildman–Crippen LogP) is 3.56. The summed E-state index contributed by atoms with van der Waals surface area (Å²) < 4.78 is 24.6. The third-order valence-electron chi connectivity index (χ3n) is 3.55. The molecule has 1 atom stereocenters. The Balaban J connectivity index is 2.37. The van der Waals surface area contributed by atoms with Crippen LogP contribution in [0.5, 0.6) is 11.5 Å². The zero-order valence-electron chi connectivity index (χ0n) is 12.8. The minimum absolute atomic E-state index is 0.0411. The molecular weight excluding hydrogens is 295 g/mol. The zero-order valence-corrected chi connectivity index (χ0v) is 12.8. The molecule has 0 fully saturated rings. The second-order valence-electron chi connectivity index (χ2n) is 4.93. The number of hydrogen-bond acceptors (Lipinski definition) is 4. The summed E-state index contributed by atoms with van der Waals surface area (Å²) >= 11 is 0. The van der Waals surface area contributed by atoms with Gasteiger partial charge in [-0.25, -0.2) is 4.39 Å². The first-order valence-corrected chi connectivity index (χ1v) is 6.93. The summed E-state index contributed by atoms with van der Waals surface area (Å²) in [5.41, 5.74) is 1.61. The van der Waals surface area contributed by atoms with E-state index < -0.39 is 11.7 Å². The lowest BCUT2D eigenvalue weighted by atomic mass is 9.92. The minimum atomic E-state index is -0.688. The molecule has 0 saturated carbocycles. The Morgan fingerprint density at radius 3 is 2.30 bits per heavy atom. The number of rotatable bonds is 5. The van der Waals surface area contributed by atoms with Gasteiger partial charge in [-0.1, -0.05) is 12.1 Å². The van der Waals surface area contributed by atoms with Crippen molar-refractivity contribution in [1.82, 2.24) is 0 Å². The molecule has 4 nitrogen and oxygen atoms in total. The third kappa shape index (κ3) is 3.59. The van der Waals surface area contributed by atoms with Crippen LogP contribution in [0.3, 0.4) is 0 Å². The summed E-state index contributed by atoms with van der Waals surface area (Å²) in [5, 5.41) is 18.2. The Bertz CT molecular complexity index is 773. The highest BCUT2D eigenvalue weighted by Crippen LogP contribution is 2.33. The van der Waals surface area contributed by atoms with Crippen LogP contribution in [-0.2, 0) is 6.42 Å². The SMILES string of the molecule is COc1cc(OC)c(F)c(C(C#N)Cc2ccc(C#N)cc2)c1. The molecule has 0 amide bonds. The standard InChI is InChI=1S/C18H15FN2O2/c1-22-15-8-16(18(19)17(9-15)23-2)14(11-21)7-12-3-5-13(10-20)6-4-12/h3-6,8-9,14H,7H2,1-2H3. The molecule has 0 aliphatic carbocycles. The molecule has 116 valence electrons. The molecule has 0 saturated heterocycles. The van der Waals surface area contributed by atoms with Crippen LogP contribution in [0.4, 0.5) is 4.39 Å². The summed E-state index contributed by atoms with van der Waals surface area (Å²) in [7, 11) is 2.84. The molecule has 0 aliphatic heterocycles. The fraction of sp³-hybridized carbons (Fsp3) is 0.222. The maximum absolute atomic E-state index is 14.5. The van der Waals surface area contributed by atoms with Crippen molar-refractivity contribution in [2.75, 3.05) is 14.2 Å². The molecule has 23 heavy (non-hydrogen) atoms. The molecule has 0 aromatic heterocycles. The Labute approximate surface area is 134 Å². The lowest BCUT2D eigenvalue weighted by Gasteiger charge is -2.14. The molecule has 2 aromatic carbocycles. The van der Waals surface area contributed by atoms with E-state index in [4.69, 9.17) is 14.7 Å². The summed E-state index contributed by atoms with van der Waals surface area (Å²) in [6, 6.07) is 14.0. The largest absolute Gasteiger partial charge is 0.497 e. The van der Waals surface area contributed by atoms with E-state index in [0.29, 0.717) is 17.7 Å². The van der Waals surface area contributed by atoms with E-state index in [0.717, 1.165) is 5.56 Å². The van der Waals surface area contributed by atoms with Crippen LogP contribution in [0.25, 0.3) is 0 Å². The maximum atomic E-state index is 14.5. The van der Waals surface area contributed by atoms with Crippen molar-refractivity contribution < 1.29 is 13.9 Å². The van der Waals surface area contributed by atoms with Gasteiger partial charge in [0.2, 0.25) is 0 Å². The monoisotopic (exact) mass is 310 g/mol. The van der Waals surface area contributed by atoms with E-state index in [1.54, 1.807) is 24.3 Å². The highest BCUT2D eigenvalue weighted by Gasteiger charge is 2.21. The Kier molecular flexibility index (Phi) is 5.17. The number of benzene rings is 2. The summed E-state index contributed by atoms with van der Waals surface area (Å²) in [6.45, 7) is 0. The first kappa shape index (κ1) is 16.3.